The number of nitriles is 1. The number of benzene rings is 2. The van der Waals surface area contributed by atoms with E-state index in [1.165, 1.54) is 0 Å². The van der Waals surface area contributed by atoms with Gasteiger partial charge in [-0.25, -0.2) is 13.6 Å². The van der Waals surface area contributed by atoms with E-state index in [1.54, 1.807) is 55.5 Å². The molecular formula is C21H22F2N2O2. The highest BCUT2D eigenvalue weighted by Crippen LogP contribution is 2.31. The molecule has 1 unspecified atom stereocenters. The van der Waals surface area contributed by atoms with Gasteiger partial charge in [-0.15, -0.1) is 0 Å². The van der Waals surface area contributed by atoms with Gasteiger partial charge in [-0.1, -0.05) is 60.7 Å². The molecule has 0 heterocycles. The Morgan fingerprint density at radius 1 is 1.11 bits per heavy atom. The lowest BCUT2D eigenvalue weighted by atomic mass is 9.89. The van der Waals surface area contributed by atoms with Crippen LogP contribution in [-0.4, -0.2) is 24.5 Å². The fraction of sp³-hybridized carbons (Fsp3) is 0.333. The first-order valence-electron chi connectivity index (χ1n) is 8.75. The summed E-state index contributed by atoms with van der Waals surface area (Å²) in [6.07, 6.45) is -3.59. The molecule has 0 aliphatic rings. The summed E-state index contributed by atoms with van der Waals surface area (Å²) in [6.45, 7) is 1.53. The number of carbonyl (C=O) groups is 1. The van der Waals surface area contributed by atoms with Crippen molar-refractivity contribution in [2.45, 2.75) is 37.8 Å². The predicted molar refractivity (Wildman–Crippen MR) is 98.1 cm³/mol. The molecule has 142 valence electrons. The van der Waals surface area contributed by atoms with E-state index in [0.29, 0.717) is 0 Å². The Hall–Kier alpha value is -2.78. The van der Waals surface area contributed by atoms with Crippen molar-refractivity contribution in [3.63, 3.8) is 0 Å². The highest BCUT2D eigenvalue weighted by atomic mass is 19.3. The van der Waals surface area contributed by atoms with E-state index in [-0.39, 0.29) is 19.4 Å². The molecule has 0 amide bonds. The zero-order valence-electron chi connectivity index (χ0n) is 15.1. The van der Waals surface area contributed by atoms with E-state index in [9.17, 15) is 13.6 Å². The molecule has 0 aromatic heterocycles. The monoisotopic (exact) mass is 372 g/mol. The van der Waals surface area contributed by atoms with E-state index in [2.05, 4.69) is 5.32 Å². The summed E-state index contributed by atoms with van der Waals surface area (Å²) in [5.41, 5.74) is -0.813. The molecular weight excluding hydrogens is 350 g/mol. The van der Waals surface area contributed by atoms with Crippen LogP contribution in [0.4, 0.5) is 8.78 Å². The van der Waals surface area contributed by atoms with Crippen LogP contribution in [0.15, 0.2) is 60.7 Å². The fourth-order valence-electron chi connectivity index (χ4n) is 2.91. The maximum Gasteiger partial charge on any atom is 0.332 e. The van der Waals surface area contributed by atoms with Gasteiger partial charge in [0.25, 0.3) is 6.43 Å². The molecule has 0 saturated heterocycles. The van der Waals surface area contributed by atoms with Crippen molar-refractivity contribution in [1.29, 1.82) is 5.26 Å². The summed E-state index contributed by atoms with van der Waals surface area (Å²) in [5, 5.41) is 11.8. The minimum Gasteiger partial charge on any atom is -0.464 e. The number of nitrogens with zero attached hydrogens (tertiary/aromatic N) is 1. The Labute approximate surface area is 157 Å². The fourth-order valence-corrected chi connectivity index (χ4v) is 2.91. The second-order valence-electron chi connectivity index (χ2n) is 6.05. The lowest BCUT2D eigenvalue weighted by Gasteiger charge is -2.35. The third-order valence-corrected chi connectivity index (χ3v) is 4.31. The van der Waals surface area contributed by atoms with Crippen LogP contribution in [0.1, 0.15) is 36.9 Å². The van der Waals surface area contributed by atoms with Crippen LogP contribution in [0, 0.1) is 11.3 Å². The third kappa shape index (κ3) is 4.89. The normalized spacial score (nSPS) is 13.2. The molecule has 1 N–H and O–H groups in total. The van der Waals surface area contributed by atoms with Crippen LogP contribution in [0.3, 0.4) is 0 Å². The minimum atomic E-state index is -3.04. The number of esters is 1. The van der Waals surface area contributed by atoms with Crippen LogP contribution in [0.25, 0.3) is 0 Å². The van der Waals surface area contributed by atoms with E-state index in [4.69, 9.17) is 10.00 Å². The van der Waals surface area contributed by atoms with E-state index < -0.39 is 24.0 Å². The second-order valence-corrected chi connectivity index (χ2v) is 6.05. The summed E-state index contributed by atoms with van der Waals surface area (Å²) in [4.78, 5) is 12.5. The van der Waals surface area contributed by atoms with Crippen LogP contribution < -0.4 is 5.32 Å². The maximum absolute atomic E-state index is 14.2. The molecule has 2 aromatic carbocycles. The van der Waals surface area contributed by atoms with Gasteiger partial charge >= 0.3 is 5.97 Å². The average molecular weight is 372 g/mol. The van der Waals surface area contributed by atoms with Gasteiger partial charge in [-0.3, -0.25) is 5.32 Å². The van der Waals surface area contributed by atoms with Gasteiger partial charge in [-0.05, 0) is 24.5 Å². The summed E-state index contributed by atoms with van der Waals surface area (Å²) in [6, 6.07) is 19.3. The molecule has 0 spiro atoms. The van der Waals surface area contributed by atoms with Gasteiger partial charge in [0.2, 0.25) is 0 Å². The number of hydrogen-bond acceptors (Lipinski definition) is 4. The average Bonchev–Trinajstić information content (AvgIpc) is 2.69. The number of ether oxygens (including phenoxy) is 1. The van der Waals surface area contributed by atoms with Crippen molar-refractivity contribution in [2.75, 3.05) is 6.61 Å². The first-order chi connectivity index (χ1) is 13.0. The molecule has 4 nitrogen and oxygen atoms in total. The first-order valence-corrected chi connectivity index (χ1v) is 8.75. The standard InChI is InChI=1S/C21H22F2N2O2/c1-2-27-20(26)21(19(22)23,14-9-15-24)25-18(16-10-5-3-6-11-16)17-12-7-4-8-13-17/h3-8,10-13,18-19,25H,2,9,14H2,1H3. The minimum absolute atomic E-state index is 0.0249. The van der Waals surface area contributed by atoms with Crippen molar-refractivity contribution in [2.24, 2.45) is 0 Å². The van der Waals surface area contributed by atoms with Gasteiger partial charge in [0.1, 0.15) is 0 Å². The Morgan fingerprint density at radius 3 is 2.04 bits per heavy atom. The quantitative estimate of drug-likeness (QED) is 0.669. The number of halogens is 2. The molecule has 0 bridgehead atoms. The maximum atomic E-state index is 14.2. The smallest absolute Gasteiger partial charge is 0.332 e. The van der Waals surface area contributed by atoms with Crippen LogP contribution in [0.2, 0.25) is 0 Å². The van der Waals surface area contributed by atoms with Crippen molar-refractivity contribution >= 4 is 5.97 Å². The topological polar surface area (TPSA) is 62.1 Å². The molecule has 0 aliphatic heterocycles. The molecule has 0 saturated carbocycles. The molecule has 2 rings (SSSR count). The summed E-state index contributed by atoms with van der Waals surface area (Å²) < 4.78 is 33.3. The van der Waals surface area contributed by atoms with Gasteiger partial charge in [0.05, 0.1) is 18.7 Å². The lowest BCUT2D eigenvalue weighted by Crippen LogP contribution is -2.59. The van der Waals surface area contributed by atoms with Crippen LogP contribution >= 0.6 is 0 Å². The molecule has 1 atom stereocenters. The van der Waals surface area contributed by atoms with Gasteiger partial charge < -0.3 is 4.74 Å². The number of hydrogen-bond donors (Lipinski definition) is 1. The van der Waals surface area contributed by atoms with Gasteiger partial charge in [-0.2, -0.15) is 5.26 Å². The largest absolute Gasteiger partial charge is 0.464 e. The molecule has 0 aliphatic carbocycles. The molecule has 0 fully saturated rings. The summed E-state index contributed by atoms with van der Waals surface area (Å²) in [5.74, 6) is -1.05. The van der Waals surface area contributed by atoms with Crippen molar-refractivity contribution in [3.05, 3.63) is 71.8 Å². The summed E-state index contributed by atoms with van der Waals surface area (Å²) >= 11 is 0. The predicted octanol–water partition coefficient (Wildman–Crippen LogP) is 4.24. The zero-order valence-corrected chi connectivity index (χ0v) is 15.1. The lowest BCUT2D eigenvalue weighted by molar-refractivity contribution is -0.159. The summed E-state index contributed by atoms with van der Waals surface area (Å²) in [7, 11) is 0. The highest BCUT2D eigenvalue weighted by Gasteiger charge is 2.50. The SMILES string of the molecule is CCOC(=O)C(CCC#N)(NC(c1ccccc1)c1ccccc1)C(F)F. The molecule has 27 heavy (non-hydrogen) atoms. The van der Waals surface area contributed by atoms with E-state index in [1.807, 2.05) is 18.2 Å². The molecule has 0 radical (unpaired) electrons. The Morgan fingerprint density at radius 2 is 1.63 bits per heavy atom. The molecule has 2 aromatic rings. The Kier molecular flexibility index (Phi) is 7.44. The Balaban J connectivity index is 2.51. The number of alkyl halides is 2. The number of rotatable bonds is 9. The number of nitrogens with one attached hydrogen (secondary N) is 1. The third-order valence-electron chi connectivity index (χ3n) is 4.31. The highest BCUT2D eigenvalue weighted by molar-refractivity contribution is 5.81. The van der Waals surface area contributed by atoms with Crippen molar-refractivity contribution in [3.8, 4) is 6.07 Å². The van der Waals surface area contributed by atoms with E-state index >= 15 is 0 Å². The van der Waals surface area contributed by atoms with Crippen molar-refractivity contribution in [1.82, 2.24) is 5.32 Å². The van der Waals surface area contributed by atoms with Crippen molar-refractivity contribution < 1.29 is 18.3 Å². The van der Waals surface area contributed by atoms with Crippen LogP contribution in [-0.2, 0) is 9.53 Å². The second kappa shape index (κ2) is 9.79. The Bertz CT molecular complexity index is 723. The van der Waals surface area contributed by atoms with E-state index in [0.717, 1.165) is 11.1 Å². The molecule has 6 heteroatoms. The number of carbonyl (C=O) groups excluding carboxylic acids is 1. The van der Waals surface area contributed by atoms with Gasteiger partial charge in [0.15, 0.2) is 5.54 Å². The van der Waals surface area contributed by atoms with Crippen LogP contribution in [0.5, 0.6) is 0 Å². The van der Waals surface area contributed by atoms with Gasteiger partial charge in [0, 0.05) is 6.42 Å². The zero-order chi connectivity index (χ0) is 19.7. The first kappa shape index (κ1) is 20.5.